The fraction of sp³-hybridized carbons (Fsp3) is 0.517. The van der Waals surface area contributed by atoms with E-state index in [1.54, 1.807) is 6.20 Å². The van der Waals surface area contributed by atoms with Crippen molar-refractivity contribution in [2.45, 2.75) is 84.5 Å². The van der Waals surface area contributed by atoms with Crippen molar-refractivity contribution in [3.8, 4) is 17.6 Å². The first-order valence-corrected chi connectivity index (χ1v) is 12.4. The van der Waals surface area contributed by atoms with E-state index in [-0.39, 0.29) is 11.4 Å². The zero-order valence-electron chi connectivity index (χ0n) is 20.6. The molecule has 33 heavy (non-hydrogen) atoms. The third kappa shape index (κ3) is 7.09. The van der Waals surface area contributed by atoms with E-state index in [2.05, 4.69) is 49.7 Å². The molecule has 0 N–H and O–H groups in total. The van der Waals surface area contributed by atoms with Crippen molar-refractivity contribution in [2.75, 3.05) is 13.2 Å². The monoisotopic (exact) mass is 447 g/mol. The Morgan fingerprint density at radius 3 is 2.70 bits per heavy atom. The van der Waals surface area contributed by atoms with Crippen LogP contribution in [0.15, 0.2) is 30.5 Å². The molecule has 1 aliphatic rings. The maximum absolute atomic E-state index is 11.6. The number of esters is 1. The first kappa shape index (κ1) is 24.8. The van der Waals surface area contributed by atoms with Crippen molar-refractivity contribution in [1.82, 2.24) is 4.98 Å². The summed E-state index contributed by atoms with van der Waals surface area (Å²) >= 11 is 0. The highest BCUT2D eigenvalue weighted by Crippen LogP contribution is 2.40. The number of carbonyl (C=O) groups is 1. The molecule has 3 rings (SSSR count). The molecule has 0 radical (unpaired) electrons. The quantitative estimate of drug-likeness (QED) is 0.262. The van der Waals surface area contributed by atoms with Gasteiger partial charge in [-0.15, -0.1) is 0 Å². The van der Waals surface area contributed by atoms with Crippen LogP contribution in [0.4, 0.5) is 0 Å². The molecule has 0 saturated heterocycles. The molecule has 0 fully saturated rings. The molecule has 2 aromatic rings. The minimum atomic E-state index is -0.174. The van der Waals surface area contributed by atoms with Crippen LogP contribution in [-0.4, -0.2) is 24.2 Å². The van der Waals surface area contributed by atoms with Crippen molar-refractivity contribution >= 4 is 5.97 Å². The Morgan fingerprint density at radius 1 is 1.12 bits per heavy atom. The number of rotatable bonds is 9. The zero-order valence-corrected chi connectivity index (χ0v) is 20.6. The highest BCUT2D eigenvalue weighted by Gasteiger charge is 2.29. The van der Waals surface area contributed by atoms with Crippen LogP contribution in [0, 0.1) is 11.8 Å². The summed E-state index contributed by atoms with van der Waals surface area (Å²) in [4.78, 5) is 16.1. The van der Waals surface area contributed by atoms with Crippen molar-refractivity contribution in [3.05, 3.63) is 58.4 Å². The van der Waals surface area contributed by atoms with E-state index in [0.29, 0.717) is 19.4 Å². The smallest absolute Gasteiger partial charge is 0.306 e. The second-order valence-corrected chi connectivity index (χ2v) is 9.41. The minimum Gasteiger partial charge on any atom is -0.493 e. The van der Waals surface area contributed by atoms with Crippen LogP contribution in [0.1, 0.15) is 94.2 Å². The normalized spacial score (nSPS) is 13.9. The van der Waals surface area contributed by atoms with Gasteiger partial charge in [-0.05, 0) is 73.3 Å². The Balaban J connectivity index is 1.79. The molecule has 1 aromatic heterocycles. The Labute approximate surface area is 199 Å². The fourth-order valence-corrected chi connectivity index (χ4v) is 4.14. The second-order valence-electron chi connectivity index (χ2n) is 9.41. The van der Waals surface area contributed by atoms with Crippen LogP contribution < -0.4 is 4.74 Å². The number of benzene rings is 1. The first-order valence-electron chi connectivity index (χ1n) is 12.4. The lowest BCUT2D eigenvalue weighted by Gasteiger charge is -2.33. The van der Waals surface area contributed by atoms with Gasteiger partial charge in [0.15, 0.2) is 0 Å². The van der Waals surface area contributed by atoms with Gasteiger partial charge in [0.05, 0.1) is 13.2 Å². The van der Waals surface area contributed by atoms with Crippen LogP contribution in [-0.2, 0) is 27.8 Å². The van der Waals surface area contributed by atoms with Crippen molar-refractivity contribution < 1.29 is 14.3 Å². The molecule has 0 aliphatic carbocycles. The topological polar surface area (TPSA) is 48.4 Å². The van der Waals surface area contributed by atoms with Crippen molar-refractivity contribution in [2.24, 2.45) is 0 Å². The van der Waals surface area contributed by atoms with E-state index < -0.39 is 0 Å². The van der Waals surface area contributed by atoms with Gasteiger partial charge in [0.2, 0.25) is 0 Å². The summed E-state index contributed by atoms with van der Waals surface area (Å²) in [6.07, 6.45) is 9.73. The van der Waals surface area contributed by atoms with Crippen LogP contribution in [0.2, 0.25) is 0 Å². The van der Waals surface area contributed by atoms with Crippen LogP contribution in [0.25, 0.3) is 0 Å². The second kappa shape index (κ2) is 11.9. The van der Waals surface area contributed by atoms with Crippen molar-refractivity contribution in [1.29, 1.82) is 0 Å². The number of aryl methyl sites for hydroxylation is 2. The molecule has 4 heteroatoms. The maximum Gasteiger partial charge on any atom is 0.306 e. The van der Waals surface area contributed by atoms with Gasteiger partial charge in [0, 0.05) is 23.7 Å². The van der Waals surface area contributed by atoms with Gasteiger partial charge in [-0.3, -0.25) is 4.79 Å². The number of aromatic nitrogens is 1. The average Bonchev–Trinajstić information content (AvgIpc) is 2.80. The number of ether oxygens (including phenoxy) is 2. The standard InChI is InChI=1S/C29H37NO3/c1-5-7-8-9-10-23-20-27-26(29(3,4)17-18-33-27)19-24(23)13-15-25-14-11-22(21-30-25)12-16-28(31)32-6-2/h11,14,19-21H,5-10,12,16-18H2,1-4H3. The third-order valence-corrected chi connectivity index (χ3v) is 6.29. The van der Waals surface area contributed by atoms with E-state index in [4.69, 9.17) is 9.47 Å². The van der Waals surface area contributed by atoms with Crippen molar-refractivity contribution in [3.63, 3.8) is 0 Å². The van der Waals surface area contributed by atoms with Gasteiger partial charge in [-0.1, -0.05) is 52.0 Å². The molecule has 0 saturated carbocycles. The third-order valence-electron chi connectivity index (χ3n) is 6.29. The number of nitrogens with zero attached hydrogens (tertiary/aromatic N) is 1. The molecule has 0 unspecified atom stereocenters. The van der Waals surface area contributed by atoms with E-state index in [1.807, 2.05) is 19.1 Å². The molecule has 4 nitrogen and oxygen atoms in total. The van der Waals surface area contributed by atoms with E-state index in [0.717, 1.165) is 48.4 Å². The zero-order chi connectivity index (χ0) is 23.7. The molecule has 2 heterocycles. The molecule has 0 atom stereocenters. The van der Waals surface area contributed by atoms with Gasteiger partial charge >= 0.3 is 5.97 Å². The molecule has 0 spiro atoms. The molecular weight excluding hydrogens is 410 g/mol. The summed E-state index contributed by atoms with van der Waals surface area (Å²) in [5.74, 6) is 7.50. The summed E-state index contributed by atoms with van der Waals surface area (Å²) in [5, 5.41) is 0. The molecular formula is C29H37NO3. The Morgan fingerprint density at radius 2 is 1.97 bits per heavy atom. The van der Waals surface area contributed by atoms with Crippen LogP contribution in [0.5, 0.6) is 5.75 Å². The lowest BCUT2D eigenvalue weighted by Crippen LogP contribution is -2.27. The summed E-state index contributed by atoms with van der Waals surface area (Å²) in [6, 6.07) is 8.38. The van der Waals surface area contributed by atoms with Gasteiger partial charge < -0.3 is 9.47 Å². The van der Waals surface area contributed by atoms with Gasteiger partial charge in [0.25, 0.3) is 0 Å². The minimum absolute atomic E-state index is 0.0869. The van der Waals surface area contributed by atoms with Crippen LogP contribution >= 0.6 is 0 Å². The van der Waals surface area contributed by atoms with Crippen LogP contribution in [0.3, 0.4) is 0 Å². The predicted molar refractivity (Wildman–Crippen MR) is 133 cm³/mol. The maximum atomic E-state index is 11.6. The summed E-state index contributed by atoms with van der Waals surface area (Å²) in [5.41, 5.74) is 5.43. The Bertz CT molecular complexity index is 996. The van der Waals surface area contributed by atoms with E-state index >= 15 is 0 Å². The Hall–Kier alpha value is -2.80. The molecule has 1 aromatic carbocycles. The summed E-state index contributed by atoms with van der Waals surface area (Å²) in [6.45, 7) is 9.80. The summed E-state index contributed by atoms with van der Waals surface area (Å²) in [7, 11) is 0. The largest absolute Gasteiger partial charge is 0.493 e. The number of hydrogen-bond donors (Lipinski definition) is 0. The Kier molecular flexibility index (Phi) is 8.95. The molecule has 1 aliphatic heterocycles. The van der Waals surface area contributed by atoms with Gasteiger partial charge in [-0.2, -0.15) is 0 Å². The first-order chi connectivity index (χ1) is 15.9. The van der Waals surface area contributed by atoms with E-state index in [9.17, 15) is 4.79 Å². The predicted octanol–water partition coefficient (Wildman–Crippen LogP) is 6.16. The van der Waals surface area contributed by atoms with Gasteiger partial charge in [-0.25, -0.2) is 4.98 Å². The summed E-state index contributed by atoms with van der Waals surface area (Å²) < 4.78 is 11.0. The van der Waals surface area contributed by atoms with Gasteiger partial charge in [0.1, 0.15) is 11.4 Å². The van der Waals surface area contributed by atoms with E-state index in [1.165, 1.54) is 30.4 Å². The number of pyridine rings is 1. The number of unbranched alkanes of at least 4 members (excludes halogenated alkanes) is 3. The number of hydrogen-bond acceptors (Lipinski definition) is 4. The lowest BCUT2D eigenvalue weighted by atomic mass is 9.78. The number of fused-ring (bicyclic) bond motifs is 1. The SMILES string of the molecule is CCCCCCc1cc2c(cc1C#Cc1ccc(CCC(=O)OCC)cn1)C(C)(C)CCO2. The highest BCUT2D eigenvalue weighted by atomic mass is 16.5. The fourth-order valence-electron chi connectivity index (χ4n) is 4.14. The molecule has 0 bridgehead atoms. The molecule has 176 valence electrons. The number of carbonyl (C=O) groups excluding carboxylic acids is 1. The molecule has 0 amide bonds. The highest BCUT2D eigenvalue weighted by molar-refractivity contribution is 5.69. The average molecular weight is 448 g/mol. The lowest BCUT2D eigenvalue weighted by molar-refractivity contribution is -0.143.